The summed E-state index contributed by atoms with van der Waals surface area (Å²) in [6, 6.07) is 0.0359. The average Bonchev–Trinajstić information content (AvgIpc) is 1.88. The molecular formula is C6H11N3O. The summed E-state index contributed by atoms with van der Waals surface area (Å²) in [4.78, 5) is 2.71. The van der Waals surface area contributed by atoms with Gasteiger partial charge in [0.05, 0.1) is 6.10 Å². The lowest BCUT2D eigenvalue weighted by molar-refractivity contribution is 0.121. The van der Waals surface area contributed by atoms with Crippen LogP contribution >= 0.6 is 0 Å². The maximum Gasteiger partial charge on any atom is 0.0544 e. The van der Waals surface area contributed by atoms with E-state index in [1.165, 1.54) is 0 Å². The first-order chi connectivity index (χ1) is 4.83. The number of hydrogen-bond acceptors (Lipinski definition) is 2. The summed E-state index contributed by atoms with van der Waals surface area (Å²) >= 11 is 0. The van der Waals surface area contributed by atoms with Gasteiger partial charge in [-0.2, -0.15) is 0 Å². The maximum atomic E-state index is 9.12. The Morgan fingerprint density at radius 2 is 2.30 bits per heavy atom. The molecule has 1 N–H and O–H groups in total. The van der Waals surface area contributed by atoms with Gasteiger partial charge in [-0.15, -0.1) is 0 Å². The van der Waals surface area contributed by atoms with Crippen LogP contribution in [0, 0.1) is 0 Å². The smallest absolute Gasteiger partial charge is 0.0544 e. The highest BCUT2D eigenvalue weighted by atomic mass is 16.3. The molecule has 0 aromatic rings. The Hall–Kier alpha value is -0.730. The third kappa shape index (κ3) is 1.90. The van der Waals surface area contributed by atoms with E-state index in [-0.39, 0.29) is 12.1 Å². The van der Waals surface area contributed by atoms with Crippen molar-refractivity contribution >= 4 is 0 Å². The van der Waals surface area contributed by atoms with Crippen LogP contribution in [0.1, 0.15) is 25.7 Å². The SMILES string of the molecule is [N-]=[N+]=N[C@H]1CCC[C@H](O)C1. The van der Waals surface area contributed by atoms with Crippen molar-refractivity contribution in [1.82, 2.24) is 0 Å². The van der Waals surface area contributed by atoms with Crippen LogP contribution in [-0.2, 0) is 0 Å². The lowest BCUT2D eigenvalue weighted by atomic mass is 9.94. The summed E-state index contributed by atoms with van der Waals surface area (Å²) in [6.07, 6.45) is 3.16. The zero-order valence-electron chi connectivity index (χ0n) is 5.77. The summed E-state index contributed by atoms with van der Waals surface area (Å²) < 4.78 is 0. The number of aliphatic hydroxyl groups is 1. The van der Waals surface area contributed by atoms with Crippen LogP contribution in [0.15, 0.2) is 5.11 Å². The second kappa shape index (κ2) is 3.44. The summed E-state index contributed by atoms with van der Waals surface area (Å²) in [5.41, 5.74) is 8.08. The number of hydrogen-bond donors (Lipinski definition) is 1. The fraction of sp³-hybridized carbons (Fsp3) is 1.00. The van der Waals surface area contributed by atoms with Crippen molar-refractivity contribution in [3.8, 4) is 0 Å². The molecule has 0 saturated heterocycles. The molecule has 1 aliphatic carbocycles. The molecular weight excluding hydrogens is 130 g/mol. The topological polar surface area (TPSA) is 69.0 Å². The van der Waals surface area contributed by atoms with Crippen LogP contribution < -0.4 is 0 Å². The lowest BCUT2D eigenvalue weighted by Gasteiger charge is -2.21. The Bertz CT molecular complexity index is 153. The first-order valence-electron chi connectivity index (χ1n) is 3.55. The van der Waals surface area contributed by atoms with Crippen molar-refractivity contribution in [2.45, 2.75) is 37.8 Å². The minimum absolute atomic E-state index is 0.0359. The predicted octanol–water partition coefficient (Wildman–Crippen LogP) is 1.60. The van der Waals surface area contributed by atoms with Gasteiger partial charge in [-0.3, -0.25) is 0 Å². The van der Waals surface area contributed by atoms with Crippen molar-refractivity contribution in [3.63, 3.8) is 0 Å². The Labute approximate surface area is 59.5 Å². The van der Waals surface area contributed by atoms with Crippen LogP contribution in [0.3, 0.4) is 0 Å². The molecule has 0 aliphatic heterocycles. The molecule has 1 aliphatic rings. The molecule has 0 heterocycles. The average molecular weight is 141 g/mol. The van der Waals surface area contributed by atoms with E-state index in [0.29, 0.717) is 6.42 Å². The zero-order chi connectivity index (χ0) is 7.40. The van der Waals surface area contributed by atoms with E-state index in [1.807, 2.05) is 0 Å². The number of nitrogens with zero attached hydrogens (tertiary/aromatic N) is 3. The highest BCUT2D eigenvalue weighted by Gasteiger charge is 2.18. The van der Waals surface area contributed by atoms with Gasteiger partial charge in [-0.05, 0) is 24.8 Å². The summed E-state index contributed by atoms with van der Waals surface area (Å²) in [5.74, 6) is 0. The highest BCUT2D eigenvalue weighted by Crippen LogP contribution is 2.20. The normalized spacial score (nSPS) is 32.9. The highest BCUT2D eigenvalue weighted by molar-refractivity contribution is 4.77. The van der Waals surface area contributed by atoms with Gasteiger partial charge in [0.15, 0.2) is 0 Å². The van der Waals surface area contributed by atoms with Crippen molar-refractivity contribution in [2.24, 2.45) is 5.11 Å². The van der Waals surface area contributed by atoms with Crippen molar-refractivity contribution in [2.75, 3.05) is 0 Å². The fourth-order valence-electron chi connectivity index (χ4n) is 1.32. The lowest BCUT2D eigenvalue weighted by Crippen LogP contribution is -2.21. The van der Waals surface area contributed by atoms with E-state index < -0.39 is 0 Å². The molecule has 4 heteroatoms. The minimum Gasteiger partial charge on any atom is -0.393 e. The second-order valence-corrected chi connectivity index (χ2v) is 2.68. The molecule has 0 spiro atoms. The number of aliphatic hydroxyl groups excluding tert-OH is 1. The summed E-state index contributed by atoms with van der Waals surface area (Å²) in [6.45, 7) is 0. The Balaban J connectivity index is 2.39. The summed E-state index contributed by atoms with van der Waals surface area (Å²) in [7, 11) is 0. The third-order valence-electron chi connectivity index (χ3n) is 1.83. The summed E-state index contributed by atoms with van der Waals surface area (Å²) in [5, 5.41) is 12.7. The van der Waals surface area contributed by atoms with Gasteiger partial charge in [-0.1, -0.05) is 11.5 Å². The van der Waals surface area contributed by atoms with Crippen molar-refractivity contribution in [1.29, 1.82) is 0 Å². The van der Waals surface area contributed by atoms with E-state index in [2.05, 4.69) is 10.0 Å². The standard InChI is InChI=1S/C6H11N3O/c7-9-8-5-2-1-3-6(10)4-5/h5-6,10H,1-4H2/t5-,6-/m0/s1. The van der Waals surface area contributed by atoms with Crippen molar-refractivity contribution < 1.29 is 5.11 Å². The van der Waals surface area contributed by atoms with Crippen LogP contribution in [-0.4, -0.2) is 17.3 Å². The van der Waals surface area contributed by atoms with Crippen LogP contribution in [0.25, 0.3) is 10.4 Å². The van der Waals surface area contributed by atoms with Gasteiger partial charge in [0.1, 0.15) is 0 Å². The molecule has 0 bridgehead atoms. The quantitative estimate of drug-likeness (QED) is 0.336. The second-order valence-electron chi connectivity index (χ2n) is 2.68. The predicted molar refractivity (Wildman–Crippen MR) is 37.4 cm³/mol. The maximum absolute atomic E-state index is 9.12. The van der Waals surface area contributed by atoms with Gasteiger partial charge < -0.3 is 5.11 Å². The van der Waals surface area contributed by atoms with E-state index in [4.69, 9.17) is 10.6 Å². The van der Waals surface area contributed by atoms with Crippen LogP contribution in [0.2, 0.25) is 0 Å². The fourth-order valence-corrected chi connectivity index (χ4v) is 1.32. The third-order valence-corrected chi connectivity index (χ3v) is 1.83. The van der Waals surface area contributed by atoms with Gasteiger partial charge in [0.2, 0.25) is 0 Å². The first-order valence-corrected chi connectivity index (χ1v) is 3.55. The zero-order valence-corrected chi connectivity index (χ0v) is 5.77. The molecule has 2 atom stereocenters. The van der Waals surface area contributed by atoms with E-state index >= 15 is 0 Å². The number of azide groups is 1. The van der Waals surface area contributed by atoms with Gasteiger partial charge in [0, 0.05) is 11.0 Å². The van der Waals surface area contributed by atoms with Gasteiger partial charge >= 0.3 is 0 Å². The molecule has 0 aromatic carbocycles. The Kier molecular flexibility index (Phi) is 2.54. The molecule has 0 aromatic heterocycles. The van der Waals surface area contributed by atoms with E-state index in [1.54, 1.807) is 0 Å². The van der Waals surface area contributed by atoms with Crippen molar-refractivity contribution in [3.05, 3.63) is 10.4 Å². The molecule has 0 amide bonds. The van der Waals surface area contributed by atoms with E-state index in [9.17, 15) is 0 Å². The molecule has 56 valence electrons. The monoisotopic (exact) mass is 141 g/mol. The first kappa shape index (κ1) is 7.38. The number of rotatable bonds is 1. The van der Waals surface area contributed by atoms with E-state index in [0.717, 1.165) is 19.3 Å². The largest absolute Gasteiger partial charge is 0.393 e. The van der Waals surface area contributed by atoms with Crippen LogP contribution in [0.5, 0.6) is 0 Å². The van der Waals surface area contributed by atoms with Crippen LogP contribution in [0.4, 0.5) is 0 Å². The molecule has 1 saturated carbocycles. The molecule has 4 nitrogen and oxygen atoms in total. The molecule has 1 rings (SSSR count). The Morgan fingerprint density at radius 3 is 2.90 bits per heavy atom. The van der Waals surface area contributed by atoms with Gasteiger partial charge in [-0.25, -0.2) is 0 Å². The Morgan fingerprint density at radius 1 is 1.50 bits per heavy atom. The molecule has 10 heavy (non-hydrogen) atoms. The minimum atomic E-state index is -0.246. The van der Waals surface area contributed by atoms with Gasteiger partial charge in [0.25, 0.3) is 0 Å². The molecule has 0 unspecified atom stereocenters. The molecule has 0 radical (unpaired) electrons. The molecule has 1 fully saturated rings.